The van der Waals surface area contributed by atoms with Crippen molar-refractivity contribution in [2.24, 2.45) is 0 Å². The van der Waals surface area contributed by atoms with Gasteiger partial charge in [-0.1, -0.05) is 11.6 Å². The molecule has 0 bridgehead atoms. The van der Waals surface area contributed by atoms with Crippen molar-refractivity contribution in [1.29, 1.82) is 0 Å². The van der Waals surface area contributed by atoms with Gasteiger partial charge in [0.25, 0.3) is 0 Å². The minimum absolute atomic E-state index is 0.0246. The molecule has 0 amide bonds. The highest BCUT2D eigenvalue weighted by atomic mass is 35.5. The van der Waals surface area contributed by atoms with E-state index in [0.29, 0.717) is 0 Å². The minimum atomic E-state index is -5.82. The molecule has 0 aliphatic rings. The monoisotopic (exact) mass is 298 g/mol. The average molecular weight is 299 g/mol. The Kier molecular flexibility index (Phi) is 3.00. The lowest BCUT2D eigenvalue weighted by Crippen LogP contribution is -2.35. The van der Waals surface area contributed by atoms with Crippen LogP contribution in [0.15, 0.2) is 18.2 Å². The maximum atomic E-state index is 13.1. The maximum absolute atomic E-state index is 13.1. The third-order valence-corrected chi connectivity index (χ3v) is 2.56. The molecule has 2 aromatic rings. The standard InChI is InChI=1S/C10H4ClF5N2O/c11-7-5-3-4(19)1-2-6(5)17-8(18-7)9(12,13)10(14,15)16/h1-3,19H. The normalized spacial score (nSPS) is 12.9. The van der Waals surface area contributed by atoms with Gasteiger partial charge in [-0.3, -0.25) is 0 Å². The Bertz CT molecular complexity index is 644. The molecule has 0 fully saturated rings. The van der Waals surface area contributed by atoms with Crippen molar-refractivity contribution < 1.29 is 27.1 Å². The van der Waals surface area contributed by atoms with Gasteiger partial charge in [-0.2, -0.15) is 22.0 Å². The summed E-state index contributed by atoms with van der Waals surface area (Å²) in [5, 5.41) is 8.55. The van der Waals surface area contributed by atoms with Gasteiger partial charge in [-0.15, -0.1) is 0 Å². The first-order valence-electron chi connectivity index (χ1n) is 4.74. The molecule has 0 radical (unpaired) electrons. The van der Waals surface area contributed by atoms with E-state index in [2.05, 4.69) is 9.97 Å². The van der Waals surface area contributed by atoms with Crippen LogP contribution < -0.4 is 0 Å². The zero-order valence-electron chi connectivity index (χ0n) is 8.84. The van der Waals surface area contributed by atoms with Crippen LogP contribution in [0.4, 0.5) is 22.0 Å². The molecular formula is C10H4ClF5N2O. The quantitative estimate of drug-likeness (QED) is 0.646. The topological polar surface area (TPSA) is 46.0 Å². The van der Waals surface area contributed by atoms with Crippen molar-refractivity contribution in [1.82, 2.24) is 9.97 Å². The second-order valence-electron chi connectivity index (χ2n) is 3.61. The summed E-state index contributed by atoms with van der Waals surface area (Å²) in [5.74, 6) is -7.18. The summed E-state index contributed by atoms with van der Waals surface area (Å²) in [4.78, 5) is 6.09. The van der Waals surface area contributed by atoms with Gasteiger partial charge in [0, 0.05) is 5.39 Å². The molecule has 0 unspecified atom stereocenters. The third kappa shape index (κ3) is 2.27. The first kappa shape index (κ1) is 13.7. The number of benzene rings is 1. The van der Waals surface area contributed by atoms with Crippen LogP contribution in [0.2, 0.25) is 5.15 Å². The third-order valence-electron chi connectivity index (χ3n) is 2.27. The number of fused-ring (bicyclic) bond motifs is 1. The first-order chi connectivity index (χ1) is 8.63. The number of halogens is 6. The summed E-state index contributed by atoms with van der Waals surface area (Å²) in [7, 11) is 0. The van der Waals surface area contributed by atoms with Gasteiger partial charge in [-0.05, 0) is 18.2 Å². The fraction of sp³-hybridized carbons (Fsp3) is 0.200. The number of aromatic hydroxyl groups is 1. The fourth-order valence-electron chi connectivity index (χ4n) is 1.35. The molecule has 9 heteroatoms. The number of hydrogen-bond donors (Lipinski definition) is 1. The zero-order valence-corrected chi connectivity index (χ0v) is 9.60. The number of rotatable bonds is 1. The van der Waals surface area contributed by atoms with Gasteiger partial charge < -0.3 is 5.11 Å². The molecule has 0 aliphatic carbocycles. The van der Waals surface area contributed by atoms with Crippen molar-refractivity contribution >= 4 is 22.5 Å². The molecule has 0 atom stereocenters. The molecule has 1 N–H and O–H groups in total. The predicted molar refractivity (Wildman–Crippen MR) is 56.2 cm³/mol. The van der Waals surface area contributed by atoms with E-state index in [-0.39, 0.29) is 16.7 Å². The van der Waals surface area contributed by atoms with E-state index in [1.54, 1.807) is 0 Å². The lowest BCUT2D eigenvalue weighted by molar-refractivity contribution is -0.292. The number of phenols is 1. The molecule has 1 aromatic carbocycles. The van der Waals surface area contributed by atoms with Gasteiger partial charge in [0.15, 0.2) is 0 Å². The van der Waals surface area contributed by atoms with Crippen LogP contribution >= 0.6 is 11.6 Å². The van der Waals surface area contributed by atoms with Gasteiger partial charge in [-0.25, -0.2) is 9.97 Å². The van der Waals surface area contributed by atoms with Crippen LogP contribution in [0.25, 0.3) is 10.9 Å². The molecule has 2 rings (SSSR count). The Morgan fingerprint density at radius 2 is 1.68 bits per heavy atom. The molecule has 3 nitrogen and oxygen atoms in total. The average Bonchev–Trinajstić information content (AvgIpc) is 2.28. The molecule has 0 aliphatic heterocycles. The van der Waals surface area contributed by atoms with Crippen molar-refractivity contribution in [3.05, 3.63) is 29.2 Å². The Hall–Kier alpha value is -1.70. The fourth-order valence-corrected chi connectivity index (χ4v) is 1.58. The lowest BCUT2D eigenvalue weighted by Gasteiger charge is -2.18. The number of alkyl halides is 5. The van der Waals surface area contributed by atoms with Gasteiger partial charge in [0.05, 0.1) is 5.52 Å². The number of phenolic OH excluding ortho intramolecular Hbond substituents is 1. The summed E-state index contributed by atoms with van der Waals surface area (Å²) in [6.45, 7) is 0. The molecule has 1 aromatic heterocycles. The molecule has 102 valence electrons. The number of hydrogen-bond acceptors (Lipinski definition) is 3. The second-order valence-corrected chi connectivity index (χ2v) is 3.97. The van der Waals surface area contributed by atoms with E-state index in [4.69, 9.17) is 11.6 Å². The van der Waals surface area contributed by atoms with E-state index < -0.39 is 23.1 Å². The van der Waals surface area contributed by atoms with E-state index in [9.17, 15) is 27.1 Å². The first-order valence-corrected chi connectivity index (χ1v) is 5.12. The van der Waals surface area contributed by atoms with Crippen LogP contribution in [-0.4, -0.2) is 21.3 Å². The van der Waals surface area contributed by atoms with Crippen LogP contribution in [0.3, 0.4) is 0 Å². The van der Waals surface area contributed by atoms with Crippen LogP contribution in [0, 0.1) is 0 Å². The lowest BCUT2D eigenvalue weighted by atomic mass is 10.2. The van der Waals surface area contributed by atoms with Crippen molar-refractivity contribution in [2.45, 2.75) is 12.1 Å². The van der Waals surface area contributed by atoms with Crippen molar-refractivity contribution in [3.8, 4) is 5.75 Å². The summed E-state index contributed by atoms with van der Waals surface area (Å²) in [5.41, 5.74) is -0.225. The minimum Gasteiger partial charge on any atom is -0.508 e. The highest BCUT2D eigenvalue weighted by molar-refractivity contribution is 6.34. The highest BCUT2D eigenvalue weighted by Crippen LogP contribution is 2.43. The molecule has 0 saturated heterocycles. The summed E-state index contributed by atoms with van der Waals surface area (Å²) in [6, 6.07) is 3.21. The van der Waals surface area contributed by atoms with Crippen LogP contribution in [-0.2, 0) is 5.92 Å². The van der Waals surface area contributed by atoms with Crippen molar-refractivity contribution in [2.75, 3.05) is 0 Å². The zero-order chi connectivity index (χ0) is 14.4. The van der Waals surface area contributed by atoms with E-state index in [1.807, 2.05) is 0 Å². The number of aromatic nitrogens is 2. The Balaban J connectivity index is 2.68. The van der Waals surface area contributed by atoms with Gasteiger partial charge in [0.2, 0.25) is 5.82 Å². The Morgan fingerprint density at radius 1 is 1.05 bits per heavy atom. The van der Waals surface area contributed by atoms with E-state index in [1.165, 1.54) is 0 Å². The van der Waals surface area contributed by atoms with Gasteiger partial charge in [0.1, 0.15) is 10.9 Å². The molecule has 0 spiro atoms. The molecule has 19 heavy (non-hydrogen) atoms. The van der Waals surface area contributed by atoms with Crippen LogP contribution in [0.5, 0.6) is 5.75 Å². The molecule has 0 saturated carbocycles. The molecular weight excluding hydrogens is 295 g/mol. The van der Waals surface area contributed by atoms with Crippen molar-refractivity contribution in [3.63, 3.8) is 0 Å². The summed E-state index contributed by atoms with van der Waals surface area (Å²) in [6.07, 6.45) is -5.82. The second kappa shape index (κ2) is 4.16. The van der Waals surface area contributed by atoms with E-state index >= 15 is 0 Å². The van der Waals surface area contributed by atoms with Gasteiger partial charge >= 0.3 is 12.1 Å². The summed E-state index contributed by atoms with van der Waals surface area (Å²) >= 11 is 5.53. The smallest absolute Gasteiger partial charge is 0.461 e. The SMILES string of the molecule is Oc1ccc2nc(C(F)(F)C(F)(F)F)nc(Cl)c2c1. The van der Waals surface area contributed by atoms with Crippen LogP contribution in [0.1, 0.15) is 5.82 Å². The Labute approximate surface area is 107 Å². The maximum Gasteiger partial charge on any atom is 0.461 e. The predicted octanol–water partition coefficient (Wildman–Crippen LogP) is 3.64. The summed E-state index contributed by atoms with van der Waals surface area (Å²) < 4.78 is 62.8. The highest BCUT2D eigenvalue weighted by Gasteiger charge is 2.61. The largest absolute Gasteiger partial charge is 0.508 e. The Morgan fingerprint density at radius 3 is 2.26 bits per heavy atom. The van der Waals surface area contributed by atoms with E-state index in [0.717, 1.165) is 18.2 Å². The number of nitrogens with zero attached hydrogens (tertiary/aromatic N) is 2. The molecule has 1 heterocycles.